The second kappa shape index (κ2) is 7.10. The normalized spacial score (nSPS) is 10.3. The van der Waals surface area contributed by atoms with Crippen LogP contribution in [0.15, 0.2) is 53.4 Å². The topological polar surface area (TPSA) is 26.3 Å². The summed E-state index contributed by atoms with van der Waals surface area (Å²) in [6, 6.07) is 13.9. The second-order valence-electron chi connectivity index (χ2n) is 4.29. The number of benzene rings is 2. The van der Waals surface area contributed by atoms with Gasteiger partial charge in [0.15, 0.2) is 0 Å². The van der Waals surface area contributed by atoms with Gasteiger partial charge in [-0.05, 0) is 29.8 Å². The molecule has 2 aromatic rings. The Morgan fingerprint density at radius 3 is 2.75 bits per heavy atom. The molecule has 0 unspecified atom stereocenters. The number of carbonyl (C=O) groups excluding carboxylic acids is 1. The van der Waals surface area contributed by atoms with Crippen LogP contribution in [0.3, 0.4) is 0 Å². The smallest absolute Gasteiger partial charge is 0.147 e. The molecule has 0 aliphatic heterocycles. The van der Waals surface area contributed by atoms with Gasteiger partial charge in [0.1, 0.15) is 17.3 Å². The van der Waals surface area contributed by atoms with Gasteiger partial charge >= 0.3 is 0 Å². The number of ether oxygens (including phenoxy) is 1. The number of ketones is 1. The zero-order chi connectivity index (χ0) is 14.4. The molecule has 0 aromatic heterocycles. The highest BCUT2D eigenvalue weighted by atomic mass is 32.2. The number of hydrogen-bond acceptors (Lipinski definition) is 3. The summed E-state index contributed by atoms with van der Waals surface area (Å²) in [6.07, 6.45) is 0.332. The number of methoxy groups -OCH3 is 1. The van der Waals surface area contributed by atoms with E-state index in [0.29, 0.717) is 11.3 Å². The van der Waals surface area contributed by atoms with Crippen LogP contribution in [-0.2, 0) is 11.2 Å². The zero-order valence-electron chi connectivity index (χ0n) is 11.1. The summed E-state index contributed by atoms with van der Waals surface area (Å²) in [6.45, 7) is 0. The minimum atomic E-state index is -0.285. The molecule has 0 saturated heterocycles. The Morgan fingerprint density at radius 1 is 1.20 bits per heavy atom. The van der Waals surface area contributed by atoms with Crippen molar-refractivity contribution >= 4 is 17.5 Å². The van der Waals surface area contributed by atoms with E-state index in [9.17, 15) is 9.18 Å². The van der Waals surface area contributed by atoms with Crippen LogP contribution in [0.4, 0.5) is 4.39 Å². The van der Waals surface area contributed by atoms with Gasteiger partial charge in [-0.25, -0.2) is 4.39 Å². The highest BCUT2D eigenvalue weighted by Gasteiger charge is 2.08. The molecule has 2 aromatic carbocycles. The Kier molecular flexibility index (Phi) is 5.18. The molecule has 0 N–H and O–H groups in total. The molecule has 0 saturated carbocycles. The molecule has 0 spiro atoms. The number of hydrogen-bond donors (Lipinski definition) is 0. The van der Waals surface area contributed by atoms with E-state index >= 15 is 0 Å². The minimum Gasteiger partial charge on any atom is -0.497 e. The largest absolute Gasteiger partial charge is 0.497 e. The van der Waals surface area contributed by atoms with E-state index in [2.05, 4.69) is 0 Å². The van der Waals surface area contributed by atoms with E-state index in [1.807, 2.05) is 24.3 Å². The summed E-state index contributed by atoms with van der Waals surface area (Å²) >= 11 is 1.23. The van der Waals surface area contributed by atoms with Crippen molar-refractivity contribution in [3.63, 3.8) is 0 Å². The third-order valence-corrected chi connectivity index (χ3v) is 3.87. The molecule has 2 nitrogen and oxygen atoms in total. The van der Waals surface area contributed by atoms with Crippen molar-refractivity contribution in [1.29, 1.82) is 0 Å². The summed E-state index contributed by atoms with van der Waals surface area (Å²) in [7, 11) is 1.59. The highest BCUT2D eigenvalue weighted by Crippen LogP contribution is 2.22. The zero-order valence-corrected chi connectivity index (χ0v) is 12.0. The van der Waals surface area contributed by atoms with Gasteiger partial charge in [0.2, 0.25) is 0 Å². The predicted molar refractivity (Wildman–Crippen MR) is 78.8 cm³/mol. The molecule has 0 atom stereocenters. The van der Waals surface area contributed by atoms with E-state index in [1.165, 1.54) is 17.8 Å². The molecule has 0 radical (unpaired) electrons. The Bertz CT molecular complexity index is 599. The molecule has 0 heterocycles. The standard InChI is InChI=1S/C16H15FO2S/c1-19-14-6-4-5-12(10-14)9-13(18)11-20-16-8-3-2-7-15(16)17/h2-8,10H,9,11H2,1H3. The molecule has 104 valence electrons. The van der Waals surface area contributed by atoms with Crippen molar-refractivity contribution in [3.05, 3.63) is 59.9 Å². The van der Waals surface area contributed by atoms with Crippen LogP contribution >= 0.6 is 11.8 Å². The van der Waals surface area contributed by atoms with Gasteiger partial charge in [0, 0.05) is 11.3 Å². The van der Waals surface area contributed by atoms with Gasteiger partial charge in [-0.2, -0.15) is 0 Å². The van der Waals surface area contributed by atoms with E-state index in [-0.39, 0.29) is 17.4 Å². The molecule has 4 heteroatoms. The fourth-order valence-electron chi connectivity index (χ4n) is 1.78. The van der Waals surface area contributed by atoms with Crippen molar-refractivity contribution in [3.8, 4) is 5.75 Å². The van der Waals surface area contributed by atoms with E-state index in [0.717, 1.165) is 11.3 Å². The molecule has 2 rings (SSSR count). The first-order valence-electron chi connectivity index (χ1n) is 6.21. The first kappa shape index (κ1) is 14.6. The van der Waals surface area contributed by atoms with Gasteiger partial charge in [0.25, 0.3) is 0 Å². The SMILES string of the molecule is COc1cccc(CC(=O)CSc2ccccc2F)c1. The number of thioether (sulfide) groups is 1. The average molecular weight is 290 g/mol. The summed E-state index contributed by atoms with van der Waals surface area (Å²) < 4.78 is 18.5. The van der Waals surface area contributed by atoms with Crippen LogP contribution in [0.1, 0.15) is 5.56 Å². The fourth-order valence-corrected chi connectivity index (χ4v) is 2.58. The maximum atomic E-state index is 13.4. The third kappa shape index (κ3) is 4.10. The lowest BCUT2D eigenvalue weighted by Crippen LogP contribution is -2.06. The van der Waals surface area contributed by atoms with Crippen molar-refractivity contribution < 1.29 is 13.9 Å². The predicted octanol–water partition coefficient (Wildman–Crippen LogP) is 3.74. The number of rotatable bonds is 6. The first-order valence-corrected chi connectivity index (χ1v) is 7.19. The first-order chi connectivity index (χ1) is 9.69. The third-order valence-electron chi connectivity index (χ3n) is 2.76. The van der Waals surface area contributed by atoms with Crippen molar-refractivity contribution in [2.75, 3.05) is 12.9 Å². The molecule has 20 heavy (non-hydrogen) atoms. The second-order valence-corrected chi connectivity index (χ2v) is 5.30. The molecule has 0 aliphatic carbocycles. The van der Waals surface area contributed by atoms with Crippen molar-refractivity contribution in [1.82, 2.24) is 0 Å². The monoisotopic (exact) mass is 290 g/mol. The van der Waals surface area contributed by atoms with Crippen molar-refractivity contribution in [2.45, 2.75) is 11.3 Å². The minimum absolute atomic E-state index is 0.0616. The van der Waals surface area contributed by atoms with Gasteiger partial charge in [-0.1, -0.05) is 24.3 Å². The summed E-state index contributed by atoms with van der Waals surface area (Å²) in [5.41, 5.74) is 0.906. The quantitative estimate of drug-likeness (QED) is 0.758. The lowest BCUT2D eigenvalue weighted by atomic mass is 10.1. The Hall–Kier alpha value is -1.81. The van der Waals surface area contributed by atoms with Crippen LogP contribution in [0.2, 0.25) is 0 Å². The molecule has 0 aliphatic rings. The molecule has 0 bridgehead atoms. The fraction of sp³-hybridized carbons (Fsp3) is 0.188. The Morgan fingerprint density at radius 2 is 2.00 bits per heavy atom. The van der Waals surface area contributed by atoms with E-state index < -0.39 is 0 Å². The molecule has 0 amide bonds. The number of Topliss-reactive ketones (excluding diaryl/α,β-unsaturated/α-hetero) is 1. The summed E-state index contributed by atoms with van der Waals surface area (Å²) in [5.74, 6) is 0.772. The maximum Gasteiger partial charge on any atom is 0.147 e. The highest BCUT2D eigenvalue weighted by molar-refractivity contribution is 8.00. The van der Waals surface area contributed by atoms with Crippen LogP contribution in [0, 0.1) is 5.82 Å². The lowest BCUT2D eigenvalue weighted by molar-refractivity contribution is -0.116. The van der Waals surface area contributed by atoms with Crippen LogP contribution in [0.5, 0.6) is 5.75 Å². The van der Waals surface area contributed by atoms with Gasteiger partial charge < -0.3 is 4.74 Å². The van der Waals surface area contributed by atoms with Crippen molar-refractivity contribution in [2.24, 2.45) is 0 Å². The lowest BCUT2D eigenvalue weighted by Gasteiger charge is -2.05. The number of halogens is 1. The van der Waals surface area contributed by atoms with Gasteiger partial charge in [-0.15, -0.1) is 11.8 Å². The summed E-state index contributed by atoms with van der Waals surface area (Å²) in [5, 5.41) is 0. The summed E-state index contributed by atoms with van der Waals surface area (Å²) in [4.78, 5) is 12.4. The Balaban J connectivity index is 1.91. The van der Waals surface area contributed by atoms with Crippen LogP contribution < -0.4 is 4.74 Å². The Labute approximate surface area is 122 Å². The van der Waals surface area contributed by atoms with Gasteiger partial charge in [0.05, 0.1) is 12.9 Å². The maximum absolute atomic E-state index is 13.4. The van der Waals surface area contributed by atoms with E-state index in [4.69, 9.17) is 4.74 Å². The van der Waals surface area contributed by atoms with Gasteiger partial charge in [-0.3, -0.25) is 4.79 Å². The molecular weight excluding hydrogens is 275 g/mol. The number of carbonyl (C=O) groups is 1. The van der Waals surface area contributed by atoms with Crippen LogP contribution in [0.25, 0.3) is 0 Å². The molecular formula is C16H15FO2S. The molecule has 0 fully saturated rings. The van der Waals surface area contributed by atoms with Crippen LogP contribution in [-0.4, -0.2) is 18.6 Å². The average Bonchev–Trinajstić information content (AvgIpc) is 2.46. The van der Waals surface area contributed by atoms with E-state index in [1.54, 1.807) is 25.3 Å².